The van der Waals surface area contributed by atoms with E-state index in [0.29, 0.717) is 18.7 Å². The van der Waals surface area contributed by atoms with Crippen molar-refractivity contribution in [2.24, 2.45) is 0 Å². The van der Waals surface area contributed by atoms with Gasteiger partial charge in [0, 0.05) is 16.5 Å². The maximum atomic E-state index is 12.2. The fourth-order valence-corrected chi connectivity index (χ4v) is 4.21. The van der Waals surface area contributed by atoms with Crippen molar-refractivity contribution in [2.45, 2.75) is 19.9 Å². The number of aromatic amines is 1. The summed E-state index contributed by atoms with van der Waals surface area (Å²) in [5.74, 6) is 0.877. The van der Waals surface area contributed by atoms with Gasteiger partial charge in [-0.25, -0.2) is 4.58 Å². The summed E-state index contributed by atoms with van der Waals surface area (Å²) < 4.78 is 8.55. The van der Waals surface area contributed by atoms with Crippen LogP contribution in [0.4, 0.5) is 5.69 Å². The maximum absolute atomic E-state index is 12.2. The fourth-order valence-electron chi connectivity index (χ4n) is 4.21. The topological polar surface area (TPSA) is 78.3 Å². The highest BCUT2D eigenvalue weighted by atomic mass is 16.5. The number of aromatic nitrogens is 2. The number of carbonyl (C=O) groups excluding carboxylic acids is 1. The van der Waals surface area contributed by atoms with Crippen molar-refractivity contribution < 1.29 is 14.1 Å². The molecule has 3 aromatic rings. The van der Waals surface area contributed by atoms with E-state index in [1.165, 1.54) is 5.71 Å². The van der Waals surface area contributed by atoms with Gasteiger partial charge in [-0.1, -0.05) is 6.92 Å². The van der Waals surface area contributed by atoms with Crippen molar-refractivity contribution in [2.75, 3.05) is 31.1 Å². The van der Waals surface area contributed by atoms with Gasteiger partial charge >= 0.3 is 0 Å². The Kier molecular flexibility index (Phi) is 4.58. The SMILES string of the molecule is CCc1cc2cc3c(cc2[nH]c1=O)C[N+]1=C(CO3)CN(c2ccc(C=O)nc2)CC1. The first-order valence-electron chi connectivity index (χ1n) is 10.2. The summed E-state index contributed by atoms with van der Waals surface area (Å²) in [6.07, 6.45) is 3.21. The lowest BCUT2D eigenvalue weighted by molar-refractivity contribution is -0.545. The van der Waals surface area contributed by atoms with E-state index in [0.717, 1.165) is 65.9 Å². The number of aryl methyl sites for hydroxylation is 1. The molecular formula is C23H23N4O3+. The number of H-pyrrole nitrogens is 1. The molecule has 0 saturated heterocycles. The number of nitrogens with zero attached hydrogens (tertiary/aromatic N) is 3. The lowest BCUT2D eigenvalue weighted by Gasteiger charge is -2.27. The molecule has 0 unspecified atom stereocenters. The Balaban J connectivity index is 1.43. The third-order valence-electron chi connectivity index (χ3n) is 5.96. The number of ether oxygens (including phenoxy) is 1. The highest BCUT2D eigenvalue weighted by molar-refractivity contribution is 5.88. The zero-order chi connectivity index (χ0) is 20.7. The van der Waals surface area contributed by atoms with E-state index in [1.807, 2.05) is 31.2 Å². The quantitative estimate of drug-likeness (QED) is 0.536. The molecule has 0 bridgehead atoms. The number of aldehydes is 1. The normalized spacial score (nSPS) is 16.0. The van der Waals surface area contributed by atoms with Gasteiger partial charge in [-0.05, 0) is 36.8 Å². The molecule has 0 atom stereocenters. The Hall–Kier alpha value is -3.48. The number of fused-ring (bicyclic) bond motifs is 2. The van der Waals surface area contributed by atoms with E-state index in [4.69, 9.17) is 4.74 Å². The van der Waals surface area contributed by atoms with Gasteiger partial charge in [-0.3, -0.25) is 14.6 Å². The van der Waals surface area contributed by atoms with E-state index in [1.54, 1.807) is 12.3 Å². The molecule has 0 spiro atoms. The Labute approximate surface area is 173 Å². The molecule has 1 aromatic carbocycles. The van der Waals surface area contributed by atoms with Gasteiger partial charge in [0.05, 0.1) is 24.0 Å². The number of hydrogen-bond donors (Lipinski definition) is 1. The fraction of sp³-hybridized carbons (Fsp3) is 0.304. The first-order valence-corrected chi connectivity index (χ1v) is 10.2. The second kappa shape index (κ2) is 7.40. The summed E-state index contributed by atoms with van der Waals surface area (Å²) in [5.41, 5.74) is 5.36. The molecule has 7 heteroatoms. The van der Waals surface area contributed by atoms with Crippen LogP contribution in [0.3, 0.4) is 0 Å². The Morgan fingerprint density at radius 3 is 2.97 bits per heavy atom. The minimum atomic E-state index is -0.0189. The third kappa shape index (κ3) is 3.26. The number of benzene rings is 1. The van der Waals surface area contributed by atoms with Gasteiger partial charge in [-0.2, -0.15) is 0 Å². The molecule has 1 N–H and O–H groups in total. The van der Waals surface area contributed by atoms with Crippen molar-refractivity contribution in [3.05, 3.63) is 63.7 Å². The Morgan fingerprint density at radius 2 is 2.20 bits per heavy atom. The molecule has 30 heavy (non-hydrogen) atoms. The minimum absolute atomic E-state index is 0.0189. The van der Waals surface area contributed by atoms with E-state index < -0.39 is 0 Å². The van der Waals surface area contributed by atoms with Gasteiger partial charge < -0.3 is 14.6 Å². The molecule has 2 aliphatic rings. The Bertz CT molecular complexity index is 1230. The van der Waals surface area contributed by atoms with Gasteiger partial charge in [0.15, 0.2) is 26.0 Å². The van der Waals surface area contributed by atoms with Crippen LogP contribution in [0.5, 0.6) is 5.75 Å². The molecule has 152 valence electrons. The summed E-state index contributed by atoms with van der Waals surface area (Å²) in [5, 5.41) is 0.998. The van der Waals surface area contributed by atoms with Gasteiger partial charge in [0.1, 0.15) is 18.0 Å². The van der Waals surface area contributed by atoms with Crippen LogP contribution >= 0.6 is 0 Å². The summed E-state index contributed by atoms with van der Waals surface area (Å²) in [6, 6.07) is 9.73. The molecular weight excluding hydrogens is 380 g/mol. The van der Waals surface area contributed by atoms with Crippen LogP contribution in [0.25, 0.3) is 10.9 Å². The number of pyridine rings is 2. The number of hydrogen-bond acceptors (Lipinski definition) is 5. The molecule has 0 saturated carbocycles. The standard InChI is InChI=1S/C23H22N4O3/c1-2-15-7-16-9-22-17(8-21(16)25-23(15)29)11-26-5-6-27(12-20(26)14-30-22)19-4-3-18(13-28)24-10-19/h3-4,7-10,13H,2,5-6,11-12,14H2,1H3/p+1. The summed E-state index contributed by atoms with van der Waals surface area (Å²) >= 11 is 0. The second-order valence-corrected chi connectivity index (χ2v) is 7.78. The molecule has 0 aliphatic carbocycles. The number of carbonyl (C=O) groups is 1. The lowest BCUT2D eigenvalue weighted by Crippen LogP contribution is -2.46. The van der Waals surface area contributed by atoms with E-state index in [-0.39, 0.29) is 5.56 Å². The molecule has 4 heterocycles. The van der Waals surface area contributed by atoms with E-state index in [9.17, 15) is 9.59 Å². The summed E-state index contributed by atoms with van der Waals surface area (Å²) in [7, 11) is 0. The largest absolute Gasteiger partial charge is 0.482 e. The van der Waals surface area contributed by atoms with Crippen LogP contribution in [0.15, 0.2) is 41.3 Å². The highest BCUT2D eigenvalue weighted by Crippen LogP contribution is 2.28. The Morgan fingerprint density at radius 1 is 1.30 bits per heavy atom. The monoisotopic (exact) mass is 403 g/mol. The first-order chi connectivity index (χ1) is 14.6. The second-order valence-electron chi connectivity index (χ2n) is 7.78. The zero-order valence-electron chi connectivity index (χ0n) is 16.9. The molecule has 5 rings (SSSR count). The molecule has 0 amide bonds. The number of nitrogens with one attached hydrogen (secondary N) is 1. The van der Waals surface area contributed by atoms with Crippen LogP contribution in [0.1, 0.15) is 28.5 Å². The summed E-state index contributed by atoms with van der Waals surface area (Å²) in [4.78, 5) is 32.5. The van der Waals surface area contributed by atoms with Crippen LogP contribution < -0.4 is 15.2 Å². The van der Waals surface area contributed by atoms with Crippen LogP contribution in [-0.2, 0) is 13.0 Å². The maximum Gasteiger partial charge on any atom is 0.251 e. The average Bonchev–Trinajstić information content (AvgIpc) is 2.95. The van der Waals surface area contributed by atoms with Crippen LogP contribution in [-0.4, -0.2) is 52.8 Å². The summed E-state index contributed by atoms with van der Waals surface area (Å²) in [6.45, 7) is 5.76. The molecule has 0 fully saturated rings. The zero-order valence-corrected chi connectivity index (χ0v) is 16.9. The predicted molar refractivity (Wildman–Crippen MR) is 115 cm³/mol. The molecule has 7 nitrogen and oxygen atoms in total. The molecule has 2 aromatic heterocycles. The van der Waals surface area contributed by atoms with Crippen LogP contribution in [0.2, 0.25) is 0 Å². The van der Waals surface area contributed by atoms with Gasteiger partial charge in [-0.15, -0.1) is 0 Å². The number of rotatable bonds is 3. The van der Waals surface area contributed by atoms with Gasteiger partial charge in [0.25, 0.3) is 5.56 Å². The van der Waals surface area contributed by atoms with Crippen molar-refractivity contribution in [1.82, 2.24) is 9.97 Å². The van der Waals surface area contributed by atoms with Crippen molar-refractivity contribution in [3.63, 3.8) is 0 Å². The van der Waals surface area contributed by atoms with Crippen molar-refractivity contribution in [1.29, 1.82) is 0 Å². The smallest absolute Gasteiger partial charge is 0.251 e. The molecule has 0 radical (unpaired) electrons. The van der Waals surface area contributed by atoms with E-state index in [2.05, 4.69) is 19.4 Å². The lowest BCUT2D eigenvalue weighted by atomic mass is 10.1. The predicted octanol–water partition coefficient (Wildman–Crippen LogP) is 2.16. The van der Waals surface area contributed by atoms with E-state index >= 15 is 0 Å². The third-order valence-corrected chi connectivity index (χ3v) is 5.96. The first kappa shape index (κ1) is 18.5. The number of anilines is 1. The molecule has 2 aliphatic heterocycles. The highest BCUT2D eigenvalue weighted by Gasteiger charge is 2.30. The minimum Gasteiger partial charge on any atom is -0.482 e. The average molecular weight is 403 g/mol. The van der Waals surface area contributed by atoms with Crippen molar-refractivity contribution >= 4 is 28.6 Å². The van der Waals surface area contributed by atoms with Crippen LogP contribution in [0, 0.1) is 0 Å². The van der Waals surface area contributed by atoms with Crippen molar-refractivity contribution in [3.8, 4) is 5.75 Å². The van der Waals surface area contributed by atoms with Gasteiger partial charge in [0.2, 0.25) is 5.71 Å².